The molecule has 1 unspecified atom stereocenters. The predicted octanol–water partition coefficient (Wildman–Crippen LogP) is 1.87. The van der Waals surface area contributed by atoms with Crippen molar-refractivity contribution in [1.82, 2.24) is 14.9 Å². The van der Waals surface area contributed by atoms with Crippen molar-refractivity contribution in [2.45, 2.75) is 6.04 Å². The Bertz CT molecular complexity index is 595. The summed E-state index contributed by atoms with van der Waals surface area (Å²) in [5, 5.41) is 2.78. The van der Waals surface area contributed by atoms with E-state index < -0.39 is 12.1 Å². The van der Waals surface area contributed by atoms with Crippen LogP contribution in [0.1, 0.15) is 17.4 Å². The highest BCUT2D eigenvalue weighted by atomic mass is 16.5. The smallest absolute Gasteiger partial charge is 0.407 e. The van der Waals surface area contributed by atoms with E-state index in [9.17, 15) is 4.79 Å². The van der Waals surface area contributed by atoms with Gasteiger partial charge in [-0.25, -0.2) is 9.78 Å². The van der Waals surface area contributed by atoms with Gasteiger partial charge in [-0.3, -0.25) is 0 Å². The van der Waals surface area contributed by atoms with Crippen molar-refractivity contribution >= 4 is 6.09 Å². The molecule has 6 nitrogen and oxygen atoms in total. The molecule has 106 valence electrons. The van der Waals surface area contributed by atoms with Gasteiger partial charge in [0.15, 0.2) is 0 Å². The van der Waals surface area contributed by atoms with Gasteiger partial charge in [-0.1, -0.05) is 12.1 Å². The van der Waals surface area contributed by atoms with Gasteiger partial charge in [0.05, 0.1) is 14.2 Å². The molecule has 0 fully saturated rings. The van der Waals surface area contributed by atoms with Gasteiger partial charge in [0.25, 0.3) is 0 Å². The summed E-state index contributed by atoms with van der Waals surface area (Å²) in [5.41, 5.74) is 0.865. The quantitative estimate of drug-likeness (QED) is 0.925. The van der Waals surface area contributed by atoms with Crippen LogP contribution in [0.15, 0.2) is 36.7 Å². The predicted molar refractivity (Wildman–Crippen MR) is 73.6 cm³/mol. The summed E-state index contributed by atoms with van der Waals surface area (Å²) < 4.78 is 11.7. The number of carbonyl (C=O) groups excluding carboxylic acids is 1. The maximum absolute atomic E-state index is 11.6. The number of imidazole rings is 1. The lowest BCUT2D eigenvalue weighted by Crippen LogP contribution is -2.30. The Morgan fingerprint density at radius 3 is 2.80 bits per heavy atom. The van der Waals surface area contributed by atoms with E-state index in [4.69, 9.17) is 4.74 Å². The topological polar surface area (TPSA) is 65.4 Å². The van der Waals surface area contributed by atoms with E-state index in [0.717, 1.165) is 5.56 Å². The van der Waals surface area contributed by atoms with Gasteiger partial charge in [0.1, 0.15) is 17.6 Å². The summed E-state index contributed by atoms with van der Waals surface area (Å²) in [6, 6.07) is 7.06. The molecule has 2 rings (SSSR count). The fourth-order valence-electron chi connectivity index (χ4n) is 1.95. The Hall–Kier alpha value is -2.50. The maximum Gasteiger partial charge on any atom is 0.407 e. The van der Waals surface area contributed by atoms with Gasteiger partial charge in [0.2, 0.25) is 0 Å². The van der Waals surface area contributed by atoms with E-state index in [1.807, 2.05) is 42.1 Å². The van der Waals surface area contributed by atoms with Crippen LogP contribution in [0.4, 0.5) is 4.79 Å². The SMILES string of the molecule is COC(=O)NC(c1cccc(OC)c1)c1nccn1C. The Balaban J connectivity index is 2.40. The summed E-state index contributed by atoms with van der Waals surface area (Å²) in [6.07, 6.45) is 2.99. The van der Waals surface area contributed by atoms with Crippen molar-refractivity contribution in [3.63, 3.8) is 0 Å². The highest BCUT2D eigenvalue weighted by molar-refractivity contribution is 5.68. The lowest BCUT2D eigenvalue weighted by atomic mass is 10.1. The van der Waals surface area contributed by atoms with Crippen LogP contribution in [0, 0.1) is 0 Å². The molecule has 1 N–H and O–H groups in total. The average Bonchev–Trinajstić information content (AvgIpc) is 2.90. The van der Waals surface area contributed by atoms with E-state index >= 15 is 0 Å². The molecule has 2 aromatic rings. The zero-order valence-electron chi connectivity index (χ0n) is 11.7. The number of ether oxygens (including phenoxy) is 2. The third kappa shape index (κ3) is 2.90. The standard InChI is InChI=1S/C14H17N3O3/c1-17-8-7-15-13(17)12(16-14(18)20-3)10-5-4-6-11(9-10)19-2/h4-9,12H,1-3H3,(H,16,18). The second-order valence-electron chi connectivity index (χ2n) is 4.24. The molecule has 0 saturated heterocycles. The number of hydrogen-bond acceptors (Lipinski definition) is 4. The summed E-state index contributed by atoms with van der Waals surface area (Å²) in [5.74, 6) is 1.43. The van der Waals surface area contributed by atoms with Crippen molar-refractivity contribution in [3.05, 3.63) is 48.0 Å². The fourth-order valence-corrected chi connectivity index (χ4v) is 1.95. The molecule has 0 aliphatic carbocycles. The largest absolute Gasteiger partial charge is 0.497 e. The maximum atomic E-state index is 11.6. The summed E-state index contributed by atoms with van der Waals surface area (Å²) in [7, 11) is 4.80. The van der Waals surface area contributed by atoms with E-state index in [1.54, 1.807) is 13.3 Å². The Morgan fingerprint density at radius 2 is 2.20 bits per heavy atom. The number of rotatable bonds is 4. The van der Waals surface area contributed by atoms with Crippen LogP contribution in [0.2, 0.25) is 0 Å². The minimum Gasteiger partial charge on any atom is -0.497 e. The van der Waals surface area contributed by atoms with Gasteiger partial charge in [-0.15, -0.1) is 0 Å². The monoisotopic (exact) mass is 275 g/mol. The van der Waals surface area contributed by atoms with Gasteiger partial charge in [-0.05, 0) is 17.7 Å². The number of amides is 1. The van der Waals surface area contributed by atoms with E-state index in [0.29, 0.717) is 11.6 Å². The van der Waals surface area contributed by atoms with Gasteiger partial charge in [0, 0.05) is 19.4 Å². The molecule has 0 aliphatic heterocycles. The fraction of sp³-hybridized carbons (Fsp3) is 0.286. The number of nitrogens with zero attached hydrogens (tertiary/aromatic N) is 2. The first-order chi connectivity index (χ1) is 9.65. The minimum absolute atomic E-state index is 0.405. The number of benzene rings is 1. The van der Waals surface area contributed by atoms with Crippen molar-refractivity contribution in [1.29, 1.82) is 0 Å². The number of hydrogen-bond donors (Lipinski definition) is 1. The number of aromatic nitrogens is 2. The summed E-state index contributed by atoms with van der Waals surface area (Å²) >= 11 is 0. The molecular formula is C14H17N3O3. The van der Waals surface area contributed by atoms with Crippen molar-refractivity contribution in [3.8, 4) is 5.75 Å². The molecule has 0 radical (unpaired) electrons. The van der Waals surface area contributed by atoms with Crippen LogP contribution in [0.5, 0.6) is 5.75 Å². The van der Waals surface area contributed by atoms with E-state index in [2.05, 4.69) is 15.0 Å². The first-order valence-corrected chi connectivity index (χ1v) is 6.11. The number of alkyl carbamates (subject to hydrolysis) is 1. The highest BCUT2D eigenvalue weighted by Crippen LogP contribution is 2.24. The molecule has 0 spiro atoms. The third-order valence-electron chi connectivity index (χ3n) is 2.99. The lowest BCUT2D eigenvalue weighted by Gasteiger charge is -2.18. The summed E-state index contributed by atoms with van der Waals surface area (Å²) in [6.45, 7) is 0. The first kappa shape index (κ1) is 13.9. The van der Waals surface area contributed by atoms with E-state index in [1.165, 1.54) is 7.11 Å². The third-order valence-corrected chi connectivity index (χ3v) is 2.99. The highest BCUT2D eigenvalue weighted by Gasteiger charge is 2.21. The van der Waals surface area contributed by atoms with Crippen molar-refractivity contribution in [2.75, 3.05) is 14.2 Å². The van der Waals surface area contributed by atoms with Crippen LogP contribution in [0.3, 0.4) is 0 Å². The molecule has 0 saturated carbocycles. The van der Waals surface area contributed by atoms with Crippen LogP contribution < -0.4 is 10.1 Å². The molecule has 6 heteroatoms. The Morgan fingerprint density at radius 1 is 1.40 bits per heavy atom. The van der Waals surface area contributed by atoms with Crippen LogP contribution in [-0.2, 0) is 11.8 Å². The molecule has 20 heavy (non-hydrogen) atoms. The second kappa shape index (κ2) is 6.10. The number of nitrogens with one attached hydrogen (secondary N) is 1. The normalized spacial score (nSPS) is 11.8. The van der Waals surface area contributed by atoms with Crippen molar-refractivity contribution < 1.29 is 14.3 Å². The van der Waals surface area contributed by atoms with E-state index in [-0.39, 0.29) is 0 Å². The zero-order valence-corrected chi connectivity index (χ0v) is 11.7. The number of aryl methyl sites for hydroxylation is 1. The zero-order chi connectivity index (χ0) is 14.5. The van der Waals surface area contributed by atoms with Gasteiger partial charge < -0.3 is 19.4 Å². The summed E-state index contributed by atoms with van der Waals surface area (Å²) in [4.78, 5) is 15.8. The molecule has 0 aliphatic rings. The molecule has 0 bridgehead atoms. The Kier molecular flexibility index (Phi) is 4.24. The molecule has 1 aromatic carbocycles. The molecule has 1 amide bonds. The van der Waals surface area contributed by atoms with Crippen LogP contribution in [0.25, 0.3) is 0 Å². The minimum atomic E-state index is -0.513. The number of carbonyl (C=O) groups is 1. The Labute approximate surface area is 117 Å². The van der Waals surface area contributed by atoms with Crippen molar-refractivity contribution in [2.24, 2.45) is 7.05 Å². The molecule has 1 atom stereocenters. The van der Waals surface area contributed by atoms with Gasteiger partial charge in [-0.2, -0.15) is 0 Å². The molecular weight excluding hydrogens is 258 g/mol. The lowest BCUT2D eigenvalue weighted by molar-refractivity contribution is 0.168. The number of methoxy groups -OCH3 is 2. The average molecular weight is 275 g/mol. The molecule has 1 heterocycles. The second-order valence-corrected chi connectivity index (χ2v) is 4.24. The van der Waals surface area contributed by atoms with Crippen LogP contribution >= 0.6 is 0 Å². The first-order valence-electron chi connectivity index (χ1n) is 6.11. The van der Waals surface area contributed by atoms with Crippen LogP contribution in [-0.4, -0.2) is 29.9 Å². The van der Waals surface area contributed by atoms with Gasteiger partial charge >= 0.3 is 6.09 Å². The molecule has 1 aromatic heterocycles.